The van der Waals surface area contributed by atoms with Crippen LogP contribution in [0.25, 0.3) is 11.1 Å². The number of hydrogen-bond acceptors (Lipinski definition) is 5. The summed E-state index contributed by atoms with van der Waals surface area (Å²) in [4.78, 5) is 35.8. The minimum atomic E-state index is -1.04. The van der Waals surface area contributed by atoms with E-state index in [1.165, 1.54) is 0 Å². The zero-order valence-electron chi connectivity index (χ0n) is 17.7. The number of nitrogens with one attached hydrogen (secondary N) is 2. The predicted octanol–water partition coefficient (Wildman–Crippen LogP) is 2.52. The monoisotopic (exact) mass is 438 g/mol. The van der Waals surface area contributed by atoms with E-state index in [-0.39, 0.29) is 25.0 Å². The highest BCUT2D eigenvalue weighted by molar-refractivity contribution is 5.85. The Bertz CT molecular complexity index is 978. The Hall–Kier alpha value is -3.39. The summed E-state index contributed by atoms with van der Waals surface area (Å²) in [5.74, 6) is -1.80. The van der Waals surface area contributed by atoms with Crippen molar-refractivity contribution < 1.29 is 29.0 Å². The van der Waals surface area contributed by atoms with Crippen molar-refractivity contribution in [3.63, 3.8) is 0 Å². The molecule has 1 aliphatic carbocycles. The number of aliphatic carboxylic acids is 1. The Labute approximate surface area is 185 Å². The molecule has 0 radical (unpaired) electrons. The maximum absolute atomic E-state index is 12.3. The summed E-state index contributed by atoms with van der Waals surface area (Å²) in [6.07, 6.45) is -1.03. The fraction of sp³-hybridized carbons (Fsp3) is 0.375. The molecule has 3 atom stereocenters. The highest BCUT2D eigenvalue weighted by atomic mass is 16.5. The zero-order valence-corrected chi connectivity index (χ0v) is 17.7. The van der Waals surface area contributed by atoms with Crippen LogP contribution in [0.2, 0.25) is 0 Å². The number of carbonyl (C=O) groups is 3. The lowest BCUT2D eigenvalue weighted by molar-refractivity contribution is -0.149. The standard InChI is InChI=1S/C24H26N2O6/c1-14(22(27)25-12-15-10-11-31-21(15)23(28)29)26-24(30)32-13-20-18-8-4-2-6-16(18)17-7-3-5-9-19(17)20/h2-9,14-15,20-21H,10-13H2,1H3,(H,25,27)(H,26,30)(H,28,29)/t14-,15+,21+/m1/s1. The van der Waals surface area contributed by atoms with Crippen LogP contribution < -0.4 is 10.6 Å². The third kappa shape index (κ3) is 4.45. The summed E-state index contributed by atoms with van der Waals surface area (Å²) in [5, 5.41) is 14.4. The van der Waals surface area contributed by atoms with E-state index in [4.69, 9.17) is 14.6 Å². The van der Waals surface area contributed by atoms with Gasteiger partial charge in [0.1, 0.15) is 12.6 Å². The second kappa shape index (κ2) is 9.40. The maximum atomic E-state index is 12.3. The number of alkyl carbamates (subject to hydrolysis) is 1. The van der Waals surface area contributed by atoms with Gasteiger partial charge >= 0.3 is 12.1 Å². The lowest BCUT2D eigenvalue weighted by Crippen LogP contribution is -2.47. The average Bonchev–Trinajstić information content (AvgIpc) is 3.39. The Balaban J connectivity index is 1.29. The van der Waals surface area contributed by atoms with Crippen molar-refractivity contribution in [2.24, 2.45) is 5.92 Å². The molecule has 0 bridgehead atoms. The number of fused-ring (bicyclic) bond motifs is 3. The van der Waals surface area contributed by atoms with Crippen LogP contribution in [0.4, 0.5) is 4.79 Å². The van der Waals surface area contributed by atoms with Crippen molar-refractivity contribution in [1.82, 2.24) is 10.6 Å². The third-order valence-corrected chi connectivity index (χ3v) is 6.07. The Morgan fingerprint density at radius 1 is 1.09 bits per heavy atom. The van der Waals surface area contributed by atoms with Crippen molar-refractivity contribution in [1.29, 1.82) is 0 Å². The van der Waals surface area contributed by atoms with Gasteiger partial charge in [-0.05, 0) is 35.6 Å². The van der Waals surface area contributed by atoms with Crippen molar-refractivity contribution in [2.45, 2.75) is 31.4 Å². The SMILES string of the molecule is C[C@@H](NC(=O)OCC1c2ccccc2-c2ccccc21)C(=O)NC[C@@H]1CCO[C@@H]1C(=O)O. The molecule has 8 nitrogen and oxygen atoms in total. The Morgan fingerprint density at radius 3 is 2.34 bits per heavy atom. The molecule has 0 unspecified atom stereocenters. The molecule has 0 aromatic heterocycles. The number of hydrogen-bond donors (Lipinski definition) is 3. The molecular weight excluding hydrogens is 412 g/mol. The van der Waals surface area contributed by atoms with Gasteiger partial charge in [0.25, 0.3) is 0 Å². The first-order valence-corrected chi connectivity index (χ1v) is 10.7. The van der Waals surface area contributed by atoms with E-state index < -0.39 is 30.1 Å². The number of amides is 2. The summed E-state index contributed by atoms with van der Waals surface area (Å²) < 4.78 is 10.6. The largest absolute Gasteiger partial charge is 0.479 e. The minimum absolute atomic E-state index is 0.0624. The number of ether oxygens (including phenoxy) is 2. The molecule has 1 aliphatic heterocycles. The number of benzene rings is 2. The molecule has 2 aliphatic rings. The zero-order chi connectivity index (χ0) is 22.7. The molecule has 32 heavy (non-hydrogen) atoms. The van der Waals surface area contributed by atoms with E-state index in [9.17, 15) is 14.4 Å². The molecule has 2 aromatic rings. The van der Waals surface area contributed by atoms with E-state index in [0.29, 0.717) is 13.0 Å². The summed E-state index contributed by atoms with van der Waals surface area (Å²) in [5.41, 5.74) is 4.50. The molecule has 2 aromatic carbocycles. The van der Waals surface area contributed by atoms with Crippen LogP contribution in [0.1, 0.15) is 30.4 Å². The van der Waals surface area contributed by atoms with Gasteiger partial charge in [0.2, 0.25) is 5.91 Å². The smallest absolute Gasteiger partial charge is 0.407 e. The quantitative estimate of drug-likeness (QED) is 0.612. The molecular formula is C24H26N2O6. The molecule has 168 valence electrons. The van der Waals surface area contributed by atoms with Crippen LogP contribution in [0.3, 0.4) is 0 Å². The predicted molar refractivity (Wildman–Crippen MR) is 116 cm³/mol. The van der Waals surface area contributed by atoms with Crippen molar-refractivity contribution >= 4 is 18.0 Å². The number of carboxylic acid groups (broad SMARTS) is 1. The number of carbonyl (C=O) groups excluding carboxylic acids is 2. The molecule has 8 heteroatoms. The number of carboxylic acids is 1. The summed E-state index contributed by atoms with van der Waals surface area (Å²) in [6.45, 7) is 2.24. The van der Waals surface area contributed by atoms with Gasteiger partial charge in [-0.1, -0.05) is 48.5 Å². The Kier molecular flexibility index (Phi) is 6.41. The molecule has 4 rings (SSSR count). The van der Waals surface area contributed by atoms with Crippen molar-refractivity contribution in [3.05, 3.63) is 59.7 Å². The molecule has 0 spiro atoms. The Morgan fingerprint density at radius 2 is 1.72 bits per heavy atom. The molecule has 1 saturated heterocycles. The minimum Gasteiger partial charge on any atom is -0.479 e. The van der Waals surface area contributed by atoms with Gasteiger partial charge in [-0.25, -0.2) is 9.59 Å². The number of rotatable bonds is 7. The highest BCUT2D eigenvalue weighted by Gasteiger charge is 2.34. The first-order valence-electron chi connectivity index (χ1n) is 10.7. The molecule has 0 saturated carbocycles. The van der Waals surface area contributed by atoms with Gasteiger partial charge in [-0.15, -0.1) is 0 Å². The van der Waals surface area contributed by atoms with E-state index >= 15 is 0 Å². The molecule has 3 N–H and O–H groups in total. The van der Waals surface area contributed by atoms with Crippen LogP contribution in [-0.2, 0) is 19.1 Å². The second-order valence-electron chi connectivity index (χ2n) is 8.12. The van der Waals surface area contributed by atoms with Crippen LogP contribution in [-0.4, -0.2) is 55.0 Å². The van der Waals surface area contributed by atoms with Crippen LogP contribution in [0, 0.1) is 5.92 Å². The van der Waals surface area contributed by atoms with E-state index in [1.54, 1.807) is 6.92 Å². The van der Waals surface area contributed by atoms with Gasteiger partial charge in [-0.3, -0.25) is 4.79 Å². The fourth-order valence-corrected chi connectivity index (χ4v) is 4.38. The topological polar surface area (TPSA) is 114 Å². The van der Waals surface area contributed by atoms with Crippen LogP contribution in [0.5, 0.6) is 0 Å². The van der Waals surface area contributed by atoms with Gasteiger partial charge in [0.15, 0.2) is 6.10 Å². The fourth-order valence-electron chi connectivity index (χ4n) is 4.38. The van der Waals surface area contributed by atoms with Crippen molar-refractivity contribution in [3.8, 4) is 11.1 Å². The van der Waals surface area contributed by atoms with Crippen molar-refractivity contribution in [2.75, 3.05) is 19.8 Å². The van der Waals surface area contributed by atoms with E-state index in [1.807, 2.05) is 36.4 Å². The molecule has 2 amide bonds. The molecule has 1 fully saturated rings. The summed E-state index contributed by atoms with van der Waals surface area (Å²) in [7, 11) is 0. The lowest BCUT2D eigenvalue weighted by atomic mass is 9.98. The highest BCUT2D eigenvalue weighted by Crippen LogP contribution is 2.44. The van der Waals surface area contributed by atoms with Gasteiger partial charge < -0.3 is 25.2 Å². The first-order chi connectivity index (χ1) is 15.5. The molecule has 1 heterocycles. The van der Waals surface area contributed by atoms with Gasteiger partial charge in [-0.2, -0.15) is 0 Å². The van der Waals surface area contributed by atoms with Crippen LogP contribution >= 0.6 is 0 Å². The first kappa shape index (κ1) is 21.8. The average molecular weight is 438 g/mol. The van der Waals surface area contributed by atoms with Crippen LogP contribution in [0.15, 0.2) is 48.5 Å². The summed E-state index contributed by atoms with van der Waals surface area (Å²) in [6, 6.07) is 15.3. The normalized spacial score (nSPS) is 20.2. The second-order valence-corrected chi connectivity index (χ2v) is 8.12. The van der Waals surface area contributed by atoms with Gasteiger partial charge in [0, 0.05) is 25.0 Å². The van der Waals surface area contributed by atoms with Gasteiger partial charge in [0.05, 0.1) is 0 Å². The maximum Gasteiger partial charge on any atom is 0.407 e. The lowest BCUT2D eigenvalue weighted by Gasteiger charge is -2.19. The van der Waals surface area contributed by atoms with E-state index in [2.05, 4.69) is 22.8 Å². The van der Waals surface area contributed by atoms with E-state index in [0.717, 1.165) is 22.3 Å². The summed E-state index contributed by atoms with van der Waals surface area (Å²) >= 11 is 0. The third-order valence-electron chi connectivity index (χ3n) is 6.07.